The molecular weight excluding hydrogens is 264 g/mol. The van der Waals surface area contributed by atoms with Gasteiger partial charge >= 0.3 is 0 Å². The summed E-state index contributed by atoms with van der Waals surface area (Å²) in [5.74, 6) is 1.14. The highest BCUT2D eigenvalue weighted by Gasteiger charge is 2.07. The molecule has 0 amide bonds. The number of anilines is 1. The second kappa shape index (κ2) is 6.33. The number of pyridine rings is 1. The molecule has 0 bridgehead atoms. The van der Waals surface area contributed by atoms with E-state index in [4.69, 9.17) is 16.3 Å². The maximum absolute atomic E-state index is 5.73. The van der Waals surface area contributed by atoms with E-state index < -0.39 is 0 Å². The van der Waals surface area contributed by atoms with Crippen molar-refractivity contribution in [2.75, 3.05) is 5.32 Å². The Morgan fingerprint density at radius 1 is 1.26 bits per heavy atom. The van der Waals surface area contributed by atoms with E-state index in [1.165, 1.54) is 0 Å². The Hall–Kier alpha value is -1.88. The average molecular weight is 279 g/mol. The van der Waals surface area contributed by atoms with Gasteiger partial charge in [-0.2, -0.15) is 0 Å². The first-order chi connectivity index (χ1) is 9.15. The van der Waals surface area contributed by atoms with E-state index in [0.29, 0.717) is 23.4 Å². The minimum absolute atomic E-state index is 0.0837. The summed E-state index contributed by atoms with van der Waals surface area (Å²) < 4.78 is 5.64. The standard InChI is InChI=1S/C13H15ClN4O/c1-9(2)19-12-10(4-3-5-15-12)6-16-13-17-7-11(14)8-18-13/h3-5,7-9H,6H2,1-2H3,(H,16,17,18). The normalized spacial score (nSPS) is 10.5. The summed E-state index contributed by atoms with van der Waals surface area (Å²) in [5, 5.41) is 3.61. The van der Waals surface area contributed by atoms with Crippen LogP contribution in [0.25, 0.3) is 0 Å². The van der Waals surface area contributed by atoms with Crippen molar-refractivity contribution in [2.45, 2.75) is 26.5 Å². The zero-order valence-corrected chi connectivity index (χ0v) is 11.6. The number of halogens is 1. The molecule has 2 heterocycles. The fourth-order valence-corrected chi connectivity index (χ4v) is 1.56. The summed E-state index contributed by atoms with van der Waals surface area (Å²) >= 11 is 5.73. The molecular formula is C13H15ClN4O. The van der Waals surface area contributed by atoms with Crippen molar-refractivity contribution in [3.05, 3.63) is 41.3 Å². The highest BCUT2D eigenvalue weighted by molar-refractivity contribution is 6.30. The van der Waals surface area contributed by atoms with Crippen molar-refractivity contribution in [1.82, 2.24) is 15.0 Å². The van der Waals surface area contributed by atoms with Gasteiger partial charge in [0.2, 0.25) is 11.8 Å². The fourth-order valence-electron chi connectivity index (χ4n) is 1.47. The van der Waals surface area contributed by atoms with Crippen LogP contribution in [0.3, 0.4) is 0 Å². The van der Waals surface area contributed by atoms with Gasteiger partial charge in [-0.1, -0.05) is 17.7 Å². The SMILES string of the molecule is CC(C)Oc1ncccc1CNc1ncc(Cl)cn1. The molecule has 0 radical (unpaired) electrons. The number of aromatic nitrogens is 3. The second-order valence-corrected chi connectivity index (χ2v) is 4.65. The summed E-state index contributed by atoms with van der Waals surface area (Å²) in [4.78, 5) is 12.4. The van der Waals surface area contributed by atoms with Crippen molar-refractivity contribution in [2.24, 2.45) is 0 Å². The van der Waals surface area contributed by atoms with Crippen LogP contribution in [-0.4, -0.2) is 21.1 Å². The molecule has 0 unspecified atom stereocenters. The van der Waals surface area contributed by atoms with E-state index in [1.54, 1.807) is 18.6 Å². The molecule has 0 aliphatic rings. The van der Waals surface area contributed by atoms with Crippen LogP contribution in [0.4, 0.5) is 5.95 Å². The van der Waals surface area contributed by atoms with Crippen molar-refractivity contribution >= 4 is 17.5 Å². The molecule has 0 aliphatic carbocycles. The minimum atomic E-state index is 0.0837. The van der Waals surface area contributed by atoms with Gasteiger partial charge in [-0.25, -0.2) is 15.0 Å². The summed E-state index contributed by atoms with van der Waals surface area (Å²) in [7, 11) is 0. The van der Waals surface area contributed by atoms with Crippen LogP contribution in [0.5, 0.6) is 5.88 Å². The van der Waals surface area contributed by atoms with E-state index in [-0.39, 0.29) is 6.10 Å². The van der Waals surface area contributed by atoms with Gasteiger partial charge in [-0.05, 0) is 19.9 Å². The maximum Gasteiger partial charge on any atom is 0.222 e. The largest absolute Gasteiger partial charge is 0.475 e. The molecule has 0 atom stereocenters. The van der Waals surface area contributed by atoms with Crippen LogP contribution in [0.2, 0.25) is 5.02 Å². The molecule has 2 rings (SSSR count). The highest BCUT2D eigenvalue weighted by atomic mass is 35.5. The lowest BCUT2D eigenvalue weighted by molar-refractivity contribution is 0.230. The first-order valence-electron chi connectivity index (χ1n) is 5.97. The van der Waals surface area contributed by atoms with Gasteiger partial charge in [0.1, 0.15) is 0 Å². The van der Waals surface area contributed by atoms with Crippen LogP contribution in [0.1, 0.15) is 19.4 Å². The summed E-state index contributed by atoms with van der Waals surface area (Å²) in [5.41, 5.74) is 0.953. The number of rotatable bonds is 5. The van der Waals surface area contributed by atoms with Crippen LogP contribution in [0.15, 0.2) is 30.7 Å². The van der Waals surface area contributed by atoms with Crippen molar-refractivity contribution in [3.8, 4) is 5.88 Å². The molecule has 0 spiro atoms. The van der Waals surface area contributed by atoms with Gasteiger partial charge in [0.05, 0.1) is 23.5 Å². The number of nitrogens with one attached hydrogen (secondary N) is 1. The first-order valence-corrected chi connectivity index (χ1v) is 6.35. The maximum atomic E-state index is 5.73. The third kappa shape index (κ3) is 4.06. The zero-order chi connectivity index (χ0) is 13.7. The zero-order valence-electron chi connectivity index (χ0n) is 10.8. The Bertz CT molecular complexity index is 530. The second-order valence-electron chi connectivity index (χ2n) is 4.21. The molecule has 0 aliphatic heterocycles. The highest BCUT2D eigenvalue weighted by Crippen LogP contribution is 2.17. The van der Waals surface area contributed by atoms with E-state index in [2.05, 4.69) is 20.3 Å². The minimum Gasteiger partial charge on any atom is -0.475 e. The van der Waals surface area contributed by atoms with Crippen LogP contribution in [0, 0.1) is 0 Å². The lowest BCUT2D eigenvalue weighted by atomic mass is 10.2. The lowest BCUT2D eigenvalue weighted by Gasteiger charge is -2.13. The molecule has 6 heteroatoms. The molecule has 0 saturated carbocycles. The van der Waals surface area contributed by atoms with Crippen molar-refractivity contribution in [1.29, 1.82) is 0 Å². The molecule has 19 heavy (non-hydrogen) atoms. The molecule has 100 valence electrons. The molecule has 0 aromatic carbocycles. The van der Waals surface area contributed by atoms with E-state index >= 15 is 0 Å². The molecule has 5 nitrogen and oxygen atoms in total. The predicted octanol–water partition coefficient (Wildman–Crippen LogP) is 2.92. The van der Waals surface area contributed by atoms with Crippen molar-refractivity contribution < 1.29 is 4.74 Å². The quantitative estimate of drug-likeness (QED) is 0.911. The van der Waals surface area contributed by atoms with Gasteiger partial charge < -0.3 is 10.1 Å². The van der Waals surface area contributed by atoms with Crippen molar-refractivity contribution in [3.63, 3.8) is 0 Å². The van der Waals surface area contributed by atoms with Crippen LogP contribution >= 0.6 is 11.6 Å². The number of nitrogens with zero attached hydrogens (tertiary/aromatic N) is 3. The smallest absolute Gasteiger partial charge is 0.222 e. The molecule has 2 aromatic heterocycles. The third-order valence-electron chi connectivity index (χ3n) is 2.25. The van der Waals surface area contributed by atoms with Gasteiger partial charge in [-0.3, -0.25) is 0 Å². The summed E-state index contributed by atoms with van der Waals surface area (Å²) in [6, 6.07) is 3.82. The van der Waals surface area contributed by atoms with E-state index in [9.17, 15) is 0 Å². The Balaban J connectivity index is 2.04. The van der Waals surface area contributed by atoms with Gasteiger partial charge in [0.25, 0.3) is 0 Å². The monoisotopic (exact) mass is 278 g/mol. The third-order valence-corrected chi connectivity index (χ3v) is 2.45. The van der Waals surface area contributed by atoms with Gasteiger partial charge in [0, 0.05) is 18.3 Å². The lowest BCUT2D eigenvalue weighted by Crippen LogP contribution is -2.11. The van der Waals surface area contributed by atoms with Crippen LogP contribution in [-0.2, 0) is 6.54 Å². The Kier molecular flexibility index (Phi) is 4.52. The van der Waals surface area contributed by atoms with E-state index in [1.807, 2.05) is 26.0 Å². The summed E-state index contributed by atoms with van der Waals surface area (Å²) in [6.45, 7) is 4.47. The predicted molar refractivity (Wildman–Crippen MR) is 74.4 cm³/mol. The Labute approximate surface area is 117 Å². The Morgan fingerprint density at radius 2 is 2.00 bits per heavy atom. The first kappa shape index (κ1) is 13.5. The van der Waals surface area contributed by atoms with Gasteiger partial charge in [-0.15, -0.1) is 0 Å². The van der Waals surface area contributed by atoms with Crippen LogP contribution < -0.4 is 10.1 Å². The van der Waals surface area contributed by atoms with E-state index in [0.717, 1.165) is 5.56 Å². The summed E-state index contributed by atoms with van der Waals surface area (Å²) in [6.07, 6.45) is 4.89. The molecule has 0 fully saturated rings. The number of ether oxygens (including phenoxy) is 1. The fraction of sp³-hybridized carbons (Fsp3) is 0.308. The molecule has 0 saturated heterocycles. The topological polar surface area (TPSA) is 59.9 Å². The molecule has 1 N–H and O–H groups in total. The number of hydrogen-bond donors (Lipinski definition) is 1. The Morgan fingerprint density at radius 3 is 2.68 bits per heavy atom. The number of hydrogen-bond acceptors (Lipinski definition) is 5. The van der Waals surface area contributed by atoms with Gasteiger partial charge in [0.15, 0.2) is 0 Å². The average Bonchev–Trinajstić information content (AvgIpc) is 2.39. The molecule has 2 aromatic rings.